The summed E-state index contributed by atoms with van der Waals surface area (Å²) in [7, 11) is 1.65. The Hall–Kier alpha value is -0.770. The molecule has 0 spiro atoms. The van der Waals surface area contributed by atoms with E-state index in [-0.39, 0.29) is 24.1 Å². The van der Waals surface area contributed by atoms with Crippen LogP contribution in [-0.4, -0.2) is 37.4 Å². The summed E-state index contributed by atoms with van der Waals surface area (Å²) in [6, 6.07) is 3.64. The average Bonchev–Trinajstić information content (AvgIpc) is 2.51. The monoisotopic (exact) mass is 343 g/mol. The molecule has 1 aromatic carbocycles. The van der Waals surface area contributed by atoms with Crippen LogP contribution in [0, 0.1) is 5.92 Å². The number of ether oxygens (including phenoxy) is 1. The number of ketones is 1. The van der Waals surface area contributed by atoms with E-state index in [9.17, 15) is 4.79 Å². The van der Waals surface area contributed by atoms with Gasteiger partial charge < -0.3 is 9.64 Å². The first kappa shape index (κ1) is 17.6. The van der Waals surface area contributed by atoms with Crippen molar-refractivity contribution in [2.24, 2.45) is 5.92 Å². The smallest absolute Gasteiger partial charge is 0.169 e. The van der Waals surface area contributed by atoms with Crippen molar-refractivity contribution in [1.82, 2.24) is 4.90 Å². The lowest BCUT2D eigenvalue weighted by Crippen LogP contribution is -2.38. The van der Waals surface area contributed by atoms with Gasteiger partial charge >= 0.3 is 0 Å². The van der Waals surface area contributed by atoms with E-state index >= 15 is 0 Å². The zero-order chi connectivity index (χ0) is 14.8. The van der Waals surface area contributed by atoms with Gasteiger partial charge in [0, 0.05) is 23.6 Å². The highest BCUT2D eigenvalue weighted by molar-refractivity contribution is 6.34. The van der Waals surface area contributed by atoms with Crippen molar-refractivity contribution in [2.75, 3.05) is 26.7 Å². The molecular formula is C17H23Cl2NO2. The second-order valence-electron chi connectivity index (χ2n) is 6.06. The molecule has 0 aromatic heterocycles. The van der Waals surface area contributed by atoms with Crippen LogP contribution in [-0.2, 0) is 6.42 Å². The molecule has 1 saturated heterocycles. The Labute approximate surface area is 143 Å². The van der Waals surface area contributed by atoms with E-state index in [4.69, 9.17) is 16.3 Å². The third-order valence-electron chi connectivity index (χ3n) is 4.73. The maximum absolute atomic E-state index is 12.8. The Kier molecular flexibility index (Phi) is 6.13. The number of likely N-dealkylation sites (tertiary alicyclic amines) is 1. The lowest BCUT2D eigenvalue weighted by atomic mass is 9.81. The first-order chi connectivity index (χ1) is 10.2. The van der Waals surface area contributed by atoms with Crippen molar-refractivity contribution in [3.05, 3.63) is 28.3 Å². The first-order valence-electron chi connectivity index (χ1n) is 7.82. The number of fused-ring (bicyclic) bond motifs is 1. The van der Waals surface area contributed by atoms with Gasteiger partial charge in [-0.3, -0.25) is 4.79 Å². The second-order valence-corrected chi connectivity index (χ2v) is 6.47. The van der Waals surface area contributed by atoms with E-state index in [1.54, 1.807) is 13.2 Å². The van der Waals surface area contributed by atoms with Crippen LogP contribution in [0.1, 0.15) is 41.6 Å². The number of hydrogen-bond donors (Lipinski definition) is 0. The summed E-state index contributed by atoms with van der Waals surface area (Å²) in [5.74, 6) is 1.07. The van der Waals surface area contributed by atoms with Gasteiger partial charge in [-0.1, -0.05) is 18.0 Å². The fourth-order valence-corrected chi connectivity index (χ4v) is 3.86. The van der Waals surface area contributed by atoms with Gasteiger partial charge in [-0.05, 0) is 50.9 Å². The minimum atomic E-state index is 0. The SMILES string of the molecule is COc1ccc(Cl)c2c1CCC(CN1CCCCC1)C2=O.Cl. The van der Waals surface area contributed by atoms with Crippen molar-refractivity contribution in [3.8, 4) is 5.75 Å². The van der Waals surface area contributed by atoms with Crippen molar-refractivity contribution >= 4 is 29.8 Å². The number of rotatable bonds is 3. The van der Waals surface area contributed by atoms with E-state index in [0.717, 1.165) is 43.8 Å². The number of nitrogens with zero attached hydrogens (tertiary/aromatic N) is 1. The zero-order valence-corrected chi connectivity index (χ0v) is 14.5. The molecule has 1 fully saturated rings. The number of halogens is 2. The normalized spacial score (nSPS) is 21.9. The van der Waals surface area contributed by atoms with Gasteiger partial charge in [0.15, 0.2) is 5.78 Å². The number of piperidine rings is 1. The summed E-state index contributed by atoms with van der Waals surface area (Å²) in [4.78, 5) is 15.2. The van der Waals surface area contributed by atoms with Gasteiger partial charge in [0.2, 0.25) is 0 Å². The lowest BCUT2D eigenvalue weighted by Gasteiger charge is -2.32. The molecule has 22 heavy (non-hydrogen) atoms. The van der Waals surface area contributed by atoms with E-state index < -0.39 is 0 Å². The van der Waals surface area contributed by atoms with Crippen LogP contribution in [0.15, 0.2) is 12.1 Å². The van der Waals surface area contributed by atoms with Gasteiger partial charge in [0.05, 0.1) is 12.1 Å². The van der Waals surface area contributed by atoms with Crippen molar-refractivity contribution in [1.29, 1.82) is 0 Å². The van der Waals surface area contributed by atoms with Gasteiger partial charge in [0.1, 0.15) is 5.75 Å². The molecular weight excluding hydrogens is 321 g/mol. The molecule has 1 aliphatic carbocycles. The standard InChI is InChI=1S/C17H22ClNO2.ClH/c1-21-15-8-7-14(18)16-13(15)6-5-12(17(16)20)11-19-9-3-2-4-10-19;/h7-8,12H,2-6,9-11H2,1H3;1H. The summed E-state index contributed by atoms with van der Waals surface area (Å²) in [5, 5.41) is 0.569. The largest absolute Gasteiger partial charge is 0.496 e. The summed E-state index contributed by atoms with van der Waals surface area (Å²) < 4.78 is 5.38. The minimum Gasteiger partial charge on any atom is -0.496 e. The molecule has 0 saturated carbocycles. The quantitative estimate of drug-likeness (QED) is 0.830. The topological polar surface area (TPSA) is 29.5 Å². The second kappa shape index (κ2) is 7.67. The summed E-state index contributed by atoms with van der Waals surface area (Å²) in [6.07, 6.45) is 5.61. The van der Waals surface area contributed by atoms with Gasteiger partial charge in [-0.2, -0.15) is 0 Å². The van der Waals surface area contributed by atoms with Crippen molar-refractivity contribution in [3.63, 3.8) is 0 Å². The third-order valence-corrected chi connectivity index (χ3v) is 5.04. The Balaban J connectivity index is 0.00000176. The molecule has 0 amide bonds. The Morgan fingerprint density at radius 2 is 2.00 bits per heavy atom. The highest BCUT2D eigenvalue weighted by Crippen LogP contribution is 2.37. The van der Waals surface area contributed by atoms with E-state index in [1.807, 2.05) is 6.07 Å². The number of Topliss-reactive ketones (excluding diaryl/α,β-unsaturated/α-hetero) is 1. The van der Waals surface area contributed by atoms with Gasteiger partial charge in [0.25, 0.3) is 0 Å². The molecule has 0 bridgehead atoms. The fraction of sp³-hybridized carbons (Fsp3) is 0.588. The van der Waals surface area contributed by atoms with Crippen molar-refractivity contribution in [2.45, 2.75) is 32.1 Å². The Morgan fingerprint density at radius 3 is 2.68 bits per heavy atom. The van der Waals surface area contributed by atoms with Crippen LogP contribution >= 0.6 is 24.0 Å². The van der Waals surface area contributed by atoms with Crippen LogP contribution < -0.4 is 4.74 Å². The van der Waals surface area contributed by atoms with E-state index in [2.05, 4.69) is 4.90 Å². The van der Waals surface area contributed by atoms with Crippen molar-refractivity contribution < 1.29 is 9.53 Å². The number of hydrogen-bond acceptors (Lipinski definition) is 3. The van der Waals surface area contributed by atoms with Crippen LogP contribution in [0.4, 0.5) is 0 Å². The maximum atomic E-state index is 12.8. The number of methoxy groups -OCH3 is 1. The predicted molar refractivity (Wildman–Crippen MR) is 91.7 cm³/mol. The molecule has 5 heteroatoms. The summed E-state index contributed by atoms with van der Waals surface area (Å²) in [5.41, 5.74) is 1.69. The van der Waals surface area contributed by atoms with Gasteiger partial charge in [-0.25, -0.2) is 0 Å². The lowest BCUT2D eigenvalue weighted by molar-refractivity contribution is 0.0844. The molecule has 1 atom stereocenters. The molecule has 1 unspecified atom stereocenters. The molecule has 3 nitrogen and oxygen atoms in total. The van der Waals surface area contributed by atoms with Crippen LogP contribution in [0.25, 0.3) is 0 Å². The first-order valence-corrected chi connectivity index (χ1v) is 8.20. The Bertz CT molecular complexity index is 542. The highest BCUT2D eigenvalue weighted by atomic mass is 35.5. The predicted octanol–water partition coefficient (Wildman–Crippen LogP) is 4.00. The Morgan fingerprint density at radius 1 is 1.27 bits per heavy atom. The minimum absolute atomic E-state index is 0. The molecule has 1 aliphatic heterocycles. The van der Waals surface area contributed by atoms with Crippen LogP contribution in [0.3, 0.4) is 0 Å². The molecule has 1 heterocycles. The fourth-order valence-electron chi connectivity index (χ4n) is 3.59. The van der Waals surface area contributed by atoms with Gasteiger partial charge in [-0.15, -0.1) is 12.4 Å². The molecule has 0 N–H and O–H groups in total. The number of benzene rings is 1. The molecule has 3 rings (SSSR count). The number of carbonyl (C=O) groups is 1. The molecule has 1 aromatic rings. The maximum Gasteiger partial charge on any atom is 0.169 e. The average molecular weight is 344 g/mol. The third kappa shape index (κ3) is 3.42. The van der Waals surface area contributed by atoms with E-state index in [1.165, 1.54) is 19.3 Å². The van der Waals surface area contributed by atoms with Crippen LogP contribution in [0.2, 0.25) is 5.02 Å². The summed E-state index contributed by atoms with van der Waals surface area (Å²) >= 11 is 6.28. The van der Waals surface area contributed by atoms with E-state index in [0.29, 0.717) is 10.6 Å². The summed E-state index contributed by atoms with van der Waals surface area (Å²) in [6.45, 7) is 3.14. The molecule has 0 radical (unpaired) electrons. The zero-order valence-electron chi connectivity index (χ0n) is 12.9. The highest BCUT2D eigenvalue weighted by Gasteiger charge is 2.32. The van der Waals surface area contributed by atoms with Crippen LogP contribution in [0.5, 0.6) is 5.75 Å². The molecule has 122 valence electrons. The molecule has 2 aliphatic rings. The number of carbonyl (C=O) groups excluding carboxylic acids is 1.